The molecule has 2 rings (SSSR count). The first-order valence-electron chi connectivity index (χ1n) is 8.07. The number of amides is 1. The largest absolute Gasteiger partial charge is 0.465 e. The standard InChI is InChI=1S/C19H24N2O4/c1-13-5-7-15(8-6-13)10-20-18(22)12-21(3)11-16-9-17(14(2)25-16)19(23)24-4/h5-9H,10-12H2,1-4H3,(H,20,22). The van der Waals surface area contributed by atoms with E-state index in [1.807, 2.05) is 43.1 Å². The van der Waals surface area contributed by atoms with Crippen LogP contribution in [0.4, 0.5) is 0 Å². The second kappa shape index (κ2) is 8.48. The van der Waals surface area contributed by atoms with E-state index in [4.69, 9.17) is 9.15 Å². The van der Waals surface area contributed by atoms with Gasteiger partial charge in [-0.2, -0.15) is 0 Å². The van der Waals surface area contributed by atoms with Crippen LogP contribution < -0.4 is 5.32 Å². The third-order valence-corrected chi connectivity index (χ3v) is 3.82. The molecule has 2 aromatic rings. The van der Waals surface area contributed by atoms with Crippen molar-refractivity contribution < 1.29 is 18.7 Å². The number of furan rings is 1. The fourth-order valence-corrected chi connectivity index (χ4v) is 2.46. The molecule has 0 aliphatic carbocycles. The Kier molecular flexibility index (Phi) is 6.36. The Morgan fingerprint density at radius 1 is 1.20 bits per heavy atom. The molecule has 6 heteroatoms. The molecule has 1 heterocycles. The van der Waals surface area contributed by atoms with E-state index >= 15 is 0 Å². The molecule has 0 fully saturated rings. The van der Waals surface area contributed by atoms with Gasteiger partial charge in [-0.3, -0.25) is 9.69 Å². The van der Waals surface area contributed by atoms with Crippen LogP contribution in [0.5, 0.6) is 0 Å². The van der Waals surface area contributed by atoms with Crippen LogP contribution in [0, 0.1) is 13.8 Å². The minimum absolute atomic E-state index is 0.0699. The van der Waals surface area contributed by atoms with Crippen LogP contribution in [0.3, 0.4) is 0 Å². The number of carbonyl (C=O) groups is 2. The lowest BCUT2D eigenvalue weighted by atomic mass is 10.1. The highest BCUT2D eigenvalue weighted by atomic mass is 16.5. The third-order valence-electron chi connectivity index (χ3n) is 3.82. The third kappa shape index (κ3) is 5.46. The second-order valence-electron chi connectivity index (χ2n) is 6.11. The van der Waals surface area contributed by atoms with Crippen LogP contribution in [0.15, 0.2) is 34.7 Å². The van der Waals surface area contributed by atoms with Crippen LogP contribution in [0.1, 0.15) is 33.0 Å². The lowest BCUT2D eigenvalue weighted by Crippen LogP contribution is -2.34. The van der Waals surface area contributed by atoms with E-state index < -0.39 is 5.97 Å². The van der Waals surface area contributed by atoms with E-state index in [9.17, 15) is 9.59 Å². The average molecular weight is 344 g/mol. The number of nitrogens with one attached hydrogen (secondary N) is 1. The van der Waals surface area contributed by atoms with Crippen molar-refractivity contribution >= 4 is 11.9 Å². The molecule has 1 amide bonds. The number of esters is 1. The molecule has 0 unspecified atom stereocenters. The molecule has 25 heavy (non-hydrogen) atoms. The van der Waals surface area contributed by atoms with Gasteiger partial charge < -0.3 is 14.5 Å². The van der Waals surface area contributed by atoms with Crippen molar-refractivity contribution in [3.63, 3.8) is 0 Å². The van der Waals surface area contributed by atoms with Crippen LogP contribution >= 0.6 is 0 Å². The van der Waals surface area contributed by atoms with Gasteiger partial charge in [0, 0.05) is 6.54 Å². The molecule has 0 aliphatic rings. The summed E-state index contributed by atoms with van der Waals surface area (Å²) in [5, 5.41) is 2.89. The summed E-state index contributed by atoms with van der Waals surface area (Å²) < 4.78 is 10.3. The zero-order valence-electron chi connectivity index (χ0n) is 15.1. The van der Waals surface area contributed by atoms with E-state index in [0.717, 1.165) is 5.56 Å². The SMILES string of the molecule is COC(=O)c1cc(CN(C)CC(=O)NCc2ccc(C)cc2)oc1C. The summed E-state index contributed by atoms with van der Waals surface area (Å²) in [6.45, 7) is 4.90. The van der Waals surface area contributed by atoms with Gasteiger partial charge >= 0.3 is 5.97 Å². The summed E-state index contributed by atoms with van der Waals surface area (Å²) in [5.74, 6) is 0.636. The number of methoxy groups -OCH3 is 1. The zero-order chi connectivity index (χ0) is 18.4. The number of hydrogen-bond donors (Lipinski definition) is 1. The number of aryl methyl sites for hydroxylation is 2. The number of benzene rings is 1. The highest BCUT2D eigenvalue weighted by Gasteiger charge is 2.17. The van der Waals surface area contributed by atoms with E-state index in [-0.39, 0.29) is 12.5 Å². The summed E-state index contributed by atoms with van der Waals surface area (Å²) in [5.41, 5.74) is 2.66. The lowest BCUT2D eigenvalue weighted by Gasteiger charge is -2.14. The minimum Gasteiger partial charge on any atom is -0.465 e. The number of nitrogens with zero attached hydrogens (tertiary/aromatic N) is 1. The van der Waals surface area contributed by atoms with Gasteiger partial charge in [0.2, 0.25) is 5.91 Å². The van der Waals surface area contributed by atoms with E-state index in [0.29, 0.717) is 30.2 Å². The van der Waals surface area contributed by atoms with Gasteiger partial charge in [0.1, 0.15) is 17.1 Å². The summed E-state index contributed by atoms with van der Waals surface area (Å²) >= 11 is 0. The van der Waals surface area contributed by atoms with Crippen molar-refractivity contribution in [2.24, 2.45) is 0 Å². The number of likely N-dealkylation sites (N-methyl/N-ethyl adjacent to an activating group) is 1. The highest BCUT2D eigenvalue weighted by Crippen LogP contribution is 2.16. The molecule has 0 atom stereocenters. The van der Waals surface area contributed by atoms with Gasteiger partial charge in [-0.1, -0.05) is 29.8 Å². The fraction of sp³-hybridized carbons (Fsp3) is 0.368. The van der Waals surface area contributed by atoms with Crippen LogP contribution in [-0.2, 0) is 22.6 Å². The summed E-state index contributed by atoms with van der Waals surface area (Å²) in [7, 11) is 3.15. The van der Waals surface area contributed by atoms with Crippen molar-refractivity contribution in [2.45, 2.75) is 26.9 Å². The Labute approximate surface area is 147 Å². The molecule has 0 spiro atoms. The van der Waals surface area contributed by atoms with E-state index in [1.165, 1.54) is 12.7 Å². The number of rotatable bonds is 7. The smallest absolute Gasteiger partial charge is 0.341 e. The molecule has 0 aliphatic heterocycles. The molecule has 1 aromatic carbocycles. The van der Waals surface area contributed by atoms with Crippen molar-refractivity contribution in [3.05, 3.63) is 58.5 Å². The summed E-state index contributed by atoms with van der Waals surface area (Å²) in [6, 6.07) is 9.69. The molecule has 0 radical (unpaired) electrons. The Balaban J connectivity index is 1.83. The molecule has 6 nitrogen and oxygen atoms in total. The van der Waals surface area contributed by atoms with Crippen molar-refractivity contribution in [2.75, 3.05) is 20.7 Å². The fourth-order valence-electron chi connectivity index (χ4n) is 2.46. The van der Waals surface area contributed by atoms with Gasteiger partial charge in [-0.15, -0.1) is 0 Å². The topological polar surface area (TPSA) is 71.8 Å². The lowest BCUT2D eigenvalue weighted by molar-refractivity contribution is -0.122. The summed E-state index contributed by atoms with van der Waals surface area (Å²) in [6.07, 6.45) is 0. The molecule has 1 N–H and O–H groups in total. The zero-order valence-corrected chi connectivity index (χ0v) is 15.1. The maximum Gasteiger partial charge on any atom is 0.341 e. The molecule has 134 valence electrons. The Morgan fingerprint density at radius 2 is 1.88 bits per heavy atom. The predicted molar refractivity (Wildman–Crippen MR) is 94.1 cm³/mol. The Morgan fingerprint density at radius 3 is 2.52 bits per heavy atom. The number of ether oxygens (including phenoxy) is 1. The maximum atomic E-state index is 12.1. The average Bonchev–Trinajstić information content (AvgIpc) is 2.93. The van der Waals surface area contributed by atoms with Crippen LogP contribution in [-0.4, -0.2) is 37.5 Å². The Hall–Kier alpha value is -2.60. The van der Waals surface area contributed by atoms with Gasteiger partial charge in [0.25, 0.3) is 0 Å². The quantitative estimate of drug-likeness (QED) is 0.781. The minimum atomic E-state index is -0.425. The maximum absolute atomic E-state index is 12.1. The van der Waals surface area contributed by atoms with Crippen molar-refractivity contribution in [1.82, 2.24) is 10.2 Å². The van der Waals surface area contributed by atoms with E-state index in [1.54, 1.807) is 13.0 Å². The molecule has 0 saturated heterocycles. The molecule has 0 bridgehead atoms. The van der Waals surface area contributed by atoms with Crippen LogP contribution in [0.25, 0.3) is 0 Å². The van der Waals surface area contributed by atoms with E-state index in [2.05, 4.69) is 5.32 Å². The molecule has 1 aromatic heterocycles. The number of hydrogen-bond acceptors (Lipinski definition) is 5. The normalized spacial score (nSPS) is 10.8. The molecular formula is C19H24N2O4. The van der Waals surface area contributed by atoms with Gasteiger partial charge in [0.05, 0.1) is 20.2 Å². The summed E-state index contributed by atoms with van der Waals surface area (Å²) in [4.78, 5) is 25.5. The van der Waals surface area contributed by atoms with Gasteiger partial charge in [-0.25, -0.2) is 4.79 Å². The predicted octanol–water partition coefficient (Wildman–Crippen LogP) is 2.43. The monoisotopic (exact) mass is 344 g/mol. The molecule has 0 saturated carbocycles. The van der Waals surface area contributed by atoms with Gasteiger partial charge in [-0.05, 0) is 32.5 Å². The van der Waals surface area contributed by atoms with Crippen molar-refractivity contribution in [1.29, 1.82) is 0 Å². The van der Waals surface area contributed by atoms with Gasteiger partial charge in [0.15, 0.2) is 0 Å². The van der Waals surface area contributed by atoms with Crippen LogP contribution in [0.2, 0.25) is 0 Å². The second-order valence-corrected chi connectivity index (χ2v) is 6.11. The highest BCUT2D eigenvalue weighted by molar-refractivity contribution is 5.90. The molecular weight excluding hydrogens is 320 g/mol. The first-order chi connectivity index (χ1) is 11.9. The first-order valence-corrected chi connectivity index (χ1v) is 8.07. The number of carbonyl (C=O) groups excluding carboxylic acids is 2. The van der Waals surface area contributed by atoms with Crippen molar-refractivity contribution in [3.8, 4) is 0 Å². The first kappa shape index (κ1) is 18.7. The Bertz CT molecular complexity index is 734.